The lowest BCUT2D eigenvalue weighted by atomic mass is 9.50. The van der Waals surface area contributed by atoms with Crippen molar-refractivity contribution in [3.63, 3.8) is 0 Å². The minimum Gasteiger partial charge on any atom is -0.375 e. The molecule has 0 bridgehead atoms. The summed E-state index contributed by atoms with van der Waals surface area (Å²) in [7, 11) is 2.57. The third kappa shape index (κ3) is 2.41. The van der Waals surface area contributed by atoms with Crippen molar-refractivity contribution in [1.82, 2.24) is 0 Å². The molecule has 0 N–H and O–H groups in total. The van der Waals surface area contributed by atoms with Crippen molar-refractivity contribution >= 4 is 7.28 Å². The van der Waals surface area contributed by atoms with Crippen LogP contribution in [0.25, 0.3) is 0 Å². The molecule has 15 heavy (non-hydrogen) atoms. The van der Waals surface area contributed by atoms with Crippen LogP contribution in [0.3, 0.4) is 0 Å². The van der Waals surface area contributed by atoms with Crippen molar-refractivity contribution in [2.75, 3.05) is 6.61 Å². The van der Waals surface area contributed by atoms with E-state index in [1.807, 2.05) is 0 Å². The number of rotatable bonds is 1. The second-order valence-corrected chi connectivity index (χ2v) is 5.95. The van der Waals surface area contributed by atoms with Gasteiger partial charge < -0.3 is 4.74 Å². The molecule has 0 spiro atoms. The van der Waals surface area contributed by atoms with Crippen LogP contribution in [0.4, 0.5) is 0 Å². The minimum atomic E-state index is 0.169. The maximum atomic E-state index is 6.24. The van der Waals surface area contributed by atoms with Crippen molar-refractivity contribution in [2.24, 2.45) is 11.8 Å². The molecule has 1 heterocycles. The summed E-state index contributed by atoms with van der Waals surface area (Å²) in [6.45, 7) is 7.94. The van der Waals surface area contributed by atoms with E-state index in [1.54, 1.807) is 0 Å². The Morgan fingerprint density at radius 2 is 2.13 bits per heavy atom. The average Bonchev–Trinajstić information content (AvgIpc) is 2.36. The molecule has 1 aliphatic heterocycles. The van der Waals surface area contributed by atoms with Gasteiger partial charge in [-0.3, -0.25) is 0 Å². The van der Waals surface area contributed by atoms with Gasteiger partial charge in [0, 0.05) is 6.61 Å². The van der Waals surface area contributed by atoms with Gasteiger partial charge in [-0.2, -0.15) is 0 Å². The van der Waals surface area contributed by atoms with Gasteiger partial charge in [0.15, 0.2) is 0 Å². The highest BCUT2D eigenvalue weighted by atomic mass is 16.5. The van der Waals surface area contributed by atoms with Crippen LogP contribution >= 0.6 is 0 Å². The normalized spacial score (nSPS) is 41.9. The van der Waals surface area contributed by atoms with E-state index in [9.17, 15) is 0 Å². The summed E-state index contributed by atoms with van der Waals surface area (Å²) in [5.74, 6) is 2.22. The van der Waals surface area contributed by atoms with Crippen molar-refractivity contribution in [2.45, 2.75) is 64.2 Å². The molecule has 1 radical (unpaired) electrons. The van der Waals surface area contributed by atoms with Crippen LogP contribution in [-0.2, 0) is 4.74 Å². The highest BCUT2D eigenvalue weighted by molar-refractivity contribution is 6.38. The molecular weight excluding hydrogens is 183 g/mol. The summed E-state index contributed by atoms with van der Waals surface area (Å²) in [6.07, 6.45) is 6.62. The molecule has 85 valence electrons. The third-order valence-corrected chi connectivity index (χ3v) is 4.52. The molecular formula is C13H24BO. The van der Waals surface area contributed by atoms with Crippen LogP contribution in [0.1, 0.15) is 46.5 Å². The molecule has 1 aliphatic carbocycles. The lowest BCUT2D eigenvalue weighted by Crippen LogP contribution is -2.38. The highest BCUT2D eigenvalue weighted by Gasteiger charge is 2.40. The molecule has 0 aromatic rings. The van der Waals surface area contributed by atoms with Crippen LogP contribution in [-0.4, -0.2) is 19.5 Å². The summed E-state index contributed by atoms with van der Waals surface area (Å²) in [5, 5.41) is 0. The van der Waals surface area contributed by atoms with E-state index in [-0.39, 0.29) is 5.60 Å². The predicted octanol–water partition coefficient (Wildman–Crippen LogP) is 3.53. The molecule has 1 nitrogen and oxygen atoms in total. The predicted molar refractivity (Wildman–Crippen MR) is 65.5 cm³/mol. The van der Waals surface area contributed by atoms with Crippen molar-refractivity contribution in [1.29, 1.82) is 0 Å². The van der Waals surface area contributed by atoms with E-state index < -0.39 is 0 Å². The van der Waals surface area contributed by atoms with Crippen LogP contribution in [0, 0.1) is 11.8 Å². The molecule has 1 saturated heterocycles. The third-order valence-electron chi connectivity index (χ3n) is 4.52. The van der Waals surface area contributed by atoms with Gasteiger partial charge in [-0.1, -0.05) is 39.4 Å². The van der Waals surface area contributed by atoms with E-state index in [4.69, 9.17) is 4.74 Å². The Morgan fingerprint density at radius 1 is 1.33 bits per heavy atom. The van der Waals surface area contributed by atoms with Gasteiger partial charge in [0.1, 0.15) is 7.28 Å². The fourth-order valence-electron chi connectivity index (χ4n) is 3.05. The van der Waals surface area contributed by atoms with Crippen LogP contribution in [0.15, 0.2) is 0 Å². The molecule has 2 aliphatic rings. The van der Waals surface area contributed by atoms with Crippen molar-refractivity contribution < 1.29 is 4.74 Å². The molecule has 2 rings (SSSR count). The first kappa shape index (κ1) is 11.5. The number of hydrogen-bond acceptors (Lipinski definition) is 1. The van der Waals surface area contributed by atoms with E-state index >= 15 is 0 Å². The zero-order chi connectivity index (χ0) is 10.9. The molecule has 0 aromatic carbocycles. The molecule has 2 fully saturated rings. The first-order valence-electron chi connectivity index (χ1n) is 6.59. The van der Waals surface area contributed by atoms with Gasteiger partial charge in [-0.05, 0) is 31.0 Å². The van der Waals surface area contributed by atoms with Crippen molar-refractivity contribution in [3.8, 4) is 0 Å². The number of hydrogen-bond donors (Lipinski definition) is 0. The SMILES string of the molecule is CC(C)C1C[B]C2CCCCC2(C)OC1. The van der Waals surface area contributed by atoms with E-state index in [1.165, 1.54) is 32.0 Å². The maximum absolute atomic E-state index is 6.24. The van der Waals surface area contributed by atoms with E-state index in [0.717, 1.165) is 24.3 Å². The molecule has 3 atom stereocenters. The Bertz CT molecular complexity index is 217. The van der Waals surface area contributed by atoms with Gasteiger partial charge >= 0.3 is 0 Å². The Morgan fingerprint density at radius 3 is 2.87 bits per heavy atom. The first-order chi connectivity index (χ1) is 7.12. The second kappa shape index (κ2) is 4.49. The number of fused-ring (bicyclic) bond motifs is 1. The van der Waals surface area contributed by atoms with Gasteiger partial charge in [-0.25, -0.2) is 0 Å². The lowest BCUT2D eigenvalue weighted by molar-refractivity contribution is -0.0667. The van der Waals surface area contributed by atoms with Crippen LogP contribution < -0.4 is 0 Å². The summed E-state index contributed by atoms with van der Waals surface area (Å²) in [6, 6.07) is 0. The Balaban J connectivity index is 2.03. The molecule has 0 amide bonds. The Hall–Kier alpha value is 0.0249. The molecule has 1 saturated carbocycles. The lowest BCUT2D eigenvalue weighted by Gasteiger charge is -2.40. The van der Waals surface area contributed by atoms with E-state index in [0.29, 0.717) is 0 Å². The average molecular weight is 207 g/mol. The Kier molecular flexibility index (Phi) is 3.44. The molecule has 3 unspecified atom stereocenters. The summed E-state index contributed by atoms with van der Waals surface area (Å²) >= 11 is 0. The zero-order valence-corrected chi connectivity index (χ0v) is 10.5. The summed E-state index contributed by atoms with van der Waals surface area (Å²) in [4.78, 5) is 0. The topological polar surface area (TPSA) is 9.23 Å². The highest BCUT2D eigenvalue weighted by Crippen LogP contribution is 2.44. The summed E-state index contributed by atoms with van der Waals surface area (Å²) < 4.78 is 6.24. The monoisotopic (exact) mass is 207 g/mol. The van der Waals surface area contributed by atoms with Gasteiger partial charge in [-0.15, -0.1) is 0 Å². The largest absolute Gasteiger partial charge is 0.375 e. The van der Waals surface area contributed by atoms with Crippen LogP contribution in [0.2, 0.25) is 12.1 Å². The van der Waals surface area contributed by atoms with Crippen LogP contribution in [0.5, 0.6) is 0 Å². The quantitative estimate of drug-likeness (QED) is 0.597. The standard InChI is InChI=1S/C13H24BO/c1-10(2)11-8-14-12-6-4-5-7-13(12,3)15-9-11/h10-12H,4-9H2,1-3H3. The Labute approximate surface area is 95.2 Å². The van der Waals surface area contributed by atoms with Gasteiger partial charge in [0.05, 0.1) is 5.60 Å². The van der Waals surface area contributed by atoms with Crippen molar-refractivity contribution in [3.05, 3.63) is 0 Å². The second-order valence-electron chi connectivity index (χ2n) is 5.95. The van der Waals surface area contributed by atoms with E-state index in [2.05, 4.69) is 28.1 Å². The number of ether oxygens (including phenoxy) is 1. The smallest absolute Gasteiger partial charge is 0.117 e. The maximum Gasteiger partial charge on any atom is 0.117 e. The zero-order valence-electron chi connectivity index (χ0n) is 10.5. The minimum absolute atomic E-state index is 0.169. The first-order valence-corrected chi connectivity index (χ1v) is 6.59. The summed E-state index contributed by atoms with van der Waals surface area (Å²) in [5.41, 5.74) is 0.169. The fourth-order valence-corrected chi connectivity index (χ4v) is 3.05. The molecule has 0 aromatic heterocycles. The molecule has 2 heteroatoms. The van der Waals surface area contributed by atoms with Gasteiger partial charge in [0.2, 0.25) is 0 Å². The fraction of sp³-hybridized carbons (Fsp3) is 1.00. The van der Waals surface area contributed by atoms with Gasteiger partial charge in [0.25, 0.3) is 0 Å².